The molecule has 0 bridgehead atoms. The first-order valence-corrected chi connectivity index (χ1v) is 5.05. The second-order valence-corrected chi connectivity index (χ2v) is 3.96. The fourth-order valence-corrected chi connectivity index (χ4v) is 1.80. The minimum atomic E-state index is 0.397. The van der Waals surface area contributed by atoms with Crippen LogP contribution in [0.25, 0.3) is 6.08 Å². The van der Waals surface area contributed by atoms with E-state index in [2.05, 4.69) is 16.4 Å². The van der Waals surface area contributed by atoms with Crippen LogP contribution in [0.3, 0.4) is 0 Å². The van der Waals surface area contributed by atoms with Crippen molar-refractivity contribution in [3.8, 4) is 0 Å². The van der Waals surface area contributed by atoms with Crippen LogP contribution in [0.15, 0.2) is 11.8 Å². The Bertz CT molecular complexity index is 330. The maximum Gasteiger partial charge on any atom is 0.105 e. The minimum absolute atomic E-state index is 0.397. The van der Waals surface area contributed by atoms with Gasteiger partial charge in [0.2, 0.25) is 0 Å². The third-order valence-corrected chi connectivity index (χ3v) is 2.64. The molecular formula is C10H16N4. The first-order valence-electron chi connectivity index (χ1n) is 5.05. The van der Waals surface area contributed by atoms with E-state index in [1.165, 1.54) is 5.57 Å². The molecule has 1 aromatic rings. The van der Waals surface area contributed by atoms with Crippen LogP contribution in [-0.2, 0) is 7.05 Å². The van der Waals surface area contributed by atoms with Crippen molar-refractivity contribution in [2.45, 2.75) is 31.7 Å². The lowest BCUT2D eigenvalue weighted by molar-refractivity contribution is 0.514. The van der Waals surface area contributed by atoms with Gasteiger partial charge in [0, 0.05) is 13.1 Å². The van der Waals surface area contributed by atoms with Gasteiger partial charge in [0.15, 0.2) is 0 Å². The molecule has 0 radical (unpaired) electrons. The van der Waals surface area contributed by atoms with Gasteiger partial charge in [0.25, 0.3) is 0 Å². The van der Waals surface area contributed by atoms with Crippen LogP contribution < -0.4 is 5.73 Å². The highest BCUT2D eigenvalue weighted by Gasteiger charge is 2.12. The Labute approximate surface area is 83.8 Å². The van der Waals surface area contributed by atoms with Crippen LogP contribution >= 0.6 is 0 Å². The van der Waals surface area contributed by atoms with Gasteiger partial charge in [0.1, 0.15) is 5.69 Å². The summed E-state index contributed by atoms with van der Waals surface area (Å²) in [6, 6.07) is 0.397. The van der Waals surface area contributed by atoms with Crippen LogP contribution in [0, 0.1) is 0 Å². The standard InChI is InChI=1S/C10H16N4/c1-14-7-10(12-13-14)6-8-2-4-9(11)5-3-8/h6-7,9H,2-5,11H2,1H3. The Kier molecular flexibility index (Phi) is 2.63. The van der Waals surface area contributed by atoms with E-state index in [1.807, 2.05) is 13.2 Å². The molecule has 2 rings (SSSR count). The van der Waals surface area contributed by atoms with E-state index in [-0.39, 0.29) is 0 Å². The van der Waals surface area contributed by atoms with Crippen molar-refractivity contribution in [3.05, 3.63) is 17.5 Å². The Hall–Kier alpha value is -1.16. The number of aromatic nitrogens is 3. The number of hydrogen-bond acceptors (Lipinski definition) is 3. The lowest BCUT2D eigenvalue weighted by Gasteiger charge is -2.19. The molecule has 1 saturated carbocycles. The summed E-state index contributed by atoms with van der Waals surface area (Å²) in [4.78, 5) is 0. The fourth-order valence-electron chi connectivity index (χ4n) is 1.80. The van der Waals surface area contributed by atoms with Crippen LogP contribution in [-0.4, -0.2) is 21.0 Å². The molecule has 0 atom stereocenters. The van der Waals surface area contributed by atoms with E-state index in [0.717, 1.165) is 31.4 Å². The molecule has 14 heavy (non-hydrogen) atoms. The molecule has 0 saturated heterocycles. The van der Waals surface area contributed by atoms with E-state index in [4.69, 9.17) is 5.73 Å². The topological polar surface area (TPSA) is 56.7 Å². The molecule has 1 heterocycles. The van der Waals surface area contributed by atoms with Crippen molar-refractivity contribution >= 4 is 6.08 Å². The largest absolute Gasteiger partial charge is 0.328 e. The summed E-state index contributed by atoms with van der Waals surface area (Å²) in [6.07, 6.45) is 8.49. The maximum absolute atomic E-state index is 5.84. The van der Waals surface area contributed by atoms with E-state index in [1.54, 1.807) is 4.68 Å². The summed E-state index contributed by atoms with van der Waals surface area (Å²) in [5.74, 6) is 0. The lowest BCUT2D eigenvalue weighted by atomic mass is 9.91. The lowest BCUT2D eigenvalue weighted by Crippen LogP contribution is -2.23. The molecule has 4 nitrogen and oxygen atoms in total. The summed E-state index contributed by atoms with van der Waals surface area (Å²) < 4.78 is 1.72. The minimum Gasteiger partial charge on any atom is -0.328 e. The van der Waals surface area contributed by atoms with Gasteiger partial charge in [-0.25, -0.2) is 0 Å². The van der Waals surface area contributed by atoms with Crippen molar-refractivity contribution in [1.29, 1.82) is 0 Å². The second-order valence-electron chi connectivity index (χ2n) is 3.96. The molecule has 1 aliphatic carbocycles. The first kappa shape index (κ1) is 9.40. The third kappa shape index (κ3) is 2.20. The van der Waals surface area contributed by atoms with E-state index in [0.29, 0.717) is 6.04 Å². The van der Waals surface area contributed by atoms with Gasteiger partial charge in [-0.1, -0.05) is 10.8 Å². The Balaban J connectivity index is 2.04. The van der Waals surface area contributed by atoms with Gasteiger partial charge in [0.05, 0.1) is 6.20 Å². The van der Waals surface area contributed by atoms with E-state index < -0.39 is 0 Å². The molecule has 0 aromatic carbocycles. The second kappa shape index (κ2) is 3.92. The van der Waals surface area contributed by atoms with Gasteiger partial charge in [-0.2, -0.15) is 0 Å². The summed E-state index contributed by atoms with van der Waals surface area (Å²) >= 11 is 0. The Morgan fingerprint density at radius 3 is 2.79 bits per heavy atom. The van der Waals surface area contributed by atoms with Crippen LogP contribution in [0.5, 0.6) is 0 Å². The van der Waals surface area contributed by atoms with Gasteiger partial charge in [-0.15, -0.1) is 5.10 Å². The molecule has 4 heteroatoms. The average Bonchev–Trinajstić information content (AvgIpc) is 2.56. The Morgan fingerprint density at radius 2 is 2.21 bits per heavy atom. The SMILES string of the molecule is Cn1cc(C=C2CCC(N)CC2)nn1. The number of nitrogens with two attached hydrogens (primary N) is 1. The zero-order chi connectivity index (χ0) is 9.97. The van der Waals surface area contributed by atoms with Crippen molar-refractivity contribution in [2.24, 2.45) is 12.8 Å². The van der Waals surface area contributed by atoms with E-state index >= 15 is 0 Å². The predicted molar refractivity (Wildman–Crippen MR) is 55.4 cm³/mol. The van der Waals surface area contributed by atoms with Gasteiger partial charge in [-0.3, -0.25) is 4.68 Å². The zero-order valence-electron chi connectivity index (χ0n) is 8.48. The van der Waals surface area contributed by atoms with Crippen molar-refractivity contribution in [3.63, 3.8) is 0 Å². The molecule has 1 aromatic heterocycles. The number of aryl methyl sites for hydroxylation is 1. The molecule has 1 fully saturated rings. The highest BCUT2D eigenvalue weighted by molar-refractivity contribution is 5.47. The first-order chi connectivity index (χ1) is 6.74. The molecule has 0 spiro atoms. The summed E-state index contributed by atoms with van der Waals surface area (Å²) in [5.41, 5.74) is 8.24. The highest BCUT2D eigenvalue weighted by atomic mass is 15.4. The summed E-state index contributed by atoms with van der Waals surface area (Å²) in [5, 5.41) is 7.93. The summed E-state index contributed by atoms with van der Waals surface area (Å²) in [6.45, 7) is 0. The van der Waals surface area contributed by atoms with Crippen LogP contribution in [0.1, 0.15) is 31.4 Å². The number of nitrogens with zero attached hydrogens (tertiary/aromatic N) is 3. The normalized spacial score (nSPS) is 22.4. The zero-order valence-corrected chi connectivity index (χ0v) is 8.48. The molecule has 0 aliphatic heterocycles. The fraction of sp³-hybridized carbons (Fsp3) is 0.600. The van der Waals surface area contributed by atoms with E-state index in [9.17, 15) is 0 Å². The molecule has 0 unspecified atom stereocenters. The van der Waals surface area contributed by atoms with Crippen LogP contribution in [0.4, 0.5) is 0 Å². The third-order valence-electron chi connectivity index (χ3n) is 2.64. The van der Waals surface area contributed by atoms with Crippen molar-refractivity contribution in [2.75, 3.05) is 0 Å². The molecular weight excluding hydrogens is 176 g/mol. The monoisotopic (exact) mass is 192 g/mol. The van der Waals surface area contributed by atoms with Crippen molar-refractivity contribution in [1.82, 2.24) is 15.0 Å². The van der Waals surface area contributed by atoms with Gasteiger partial charge in [-0.05, 0) is 31.8 Å². The maximum atomic E-state index is 5.84. The molecule has 0 amide bonds. The number of allylic oxidation sites excluding steroid dienone is 1. The number of hydrogen-bond donors (Lipinski definition) is 1. The van der Waals surface area contributed by atoms with Crippen LogP contribution in [0.2, 0.25) is 0 Å². The molecule has 76 valence electrons. The average molecular weight is 192 g/mol. The van der Waals surface area contributed by atoms with Gasteiger partial charge < -0.3 is 5.73 Å². The predicted octanol–water partition coefficient (Wildman–Crippen LogP) is 1.10. The molecule has 1 aliphatic rings. The highest BCUT2D eigenvalue weighted by Crippen LogP contribution is 2.23. The van der Waals surface area contributed by atoms with Crippen molar-refractivity contribution < 1.29 is 0 Å². The smallest absolute Gasteiger partial charge is 0.105 e. The molecule has 2 N–H and O–H groups in total. The Morgan fingerprint density at radius 1 is 1.50 bits per heavy atom. The van der Waals surface area contributed by atoms with Gasteiger partial charge >= 0.3 is 0 Å². The summed E-state index contributed by atoms with van der Waals surface area (Å²) in [7, 11) is 1.88. The number of rotatable bonds is 1. The quantitative estimate of drug-likeness (QED) is 0.725.